The van der Waals surface area contributed by atoms with E-state index in [1.807, 2.05) is 49.4 Å². The Morgan fingerprint density at radius 3 is 2.00 bits per heavy atom. The monoisotopic (exact) mass is 346 g/mol. The van der Waals surface area contributed by atoms with E-state index in [1.54, 1.807) is 0 Å². The average Bonchev–Trinajstić information content (AvgIpc) is 2.59. The molecule has 3 heteroatoms. The van der Waals surface area contributed by atoms with E-state index in [-0.39, 0.29) is 12.2 Å². The van der Waals surface area contributed by atoms with Gasteiger partial charge in [-0.2, -0.15) is 0 Å². The van der Waals surface area contributed by atoms with Gasteiger partial charge in [-0.3, -0.25) is 4.79 Å². The first-order valence-electron chi connectivity index (χ1n) is 8.31. The Labute approximate surface area is 153 Å². The molecule has 0 saturated carbocycles. The average molecular weight is 346 g/mol. The van der Waals surface area contributed by atoms with E-state index in [1.165, 1.54) is 0 Å². The molecule has 3 nitrogen and oxygen atoms in total. The molecule has 0 aliphatic heterocycles. The van der Waals surface area contributed by atoms with E-state index in [4.69, 9.17) is 5.11 Å². The number of carboxylic acids is 1. The highest BCUT2D eigenvalue weighted by molar-refractivity contribution is 5.99. The normalized spacial score (nSPS) is 11.3. The van der Waals surface area contributed by atoms with Crippen molar-refractivity contribution in [3.63, 3.8) is 0 Å². The summed E-state index contributed by atoms with van der Waals surface area (Å²) >= 11 is 0. The van der Waals surface area contributed by atoms with Crippen LogP contribution in [0.5, 0.6) is 0 Å². The number of allylic oxidation sites excluding steroid dienone is 5. The number of aliphatic carboxylic acids is 1. The van der Waals surface area contributed by atoms with Crippen molar-refractivity contribution in [2.24, 2.45) is 0 Å². The minimum Gasteiger partial charge on any atom is -0.478 e. The minimum absolute atomic E-state index is 0.168. The van der Waals surface area contributed by atoms with Crippen LogP contribution in [-0.4, -0.2) is 16.9 Å². The van der Waals surface area contributed by atoms with E-state index in [2.05, 4.69) is 19.2 Å². The molecule has 0 heterocycles. The van der Waals surface area contributed by atoms with E-state index >= 15 is 0 Å². The molecule has 0 bridgehead atoms. The Morgan fingerprint density at radius 2 is 1.46 bits per heavy atom. The van der Waals surface area contributed by atoms with Gasteiger partial charge >= 0.3 is 5.97 Å². The number of fused-ring (bicyclic) bond motifs is 1. The SMILES string of the molecule is C=C(C)C=CC(=C)Cc1cccc2c(CC(=O)C=CC(=O)O)cccc12. The van der Waals surface area contributed by atoms with Crippen LogP contribution in [0.1, 0.15) is 18.1 Å². The highest BCUT2D eigenvalue weighted by atomic mass is 16.4. The number of hydrogen-bond donors (Lipinski definition) is 1. The molecule has 0 saturated heterocycles. The van der Waals surface area contributed by atoms with E-state index in [0.29, 0.717) is 6.42 Å². The van der Waals surface area contributed by atoms with Crippen molar-refractivity contribution in [2.45, 2.75) is 19.8 Å². The maximum atomic E-state index is 12.0. The van der Waals surface area contributed by atoms with Crippen LogP contribution in [0.15, 0.2) is 85.0 Å². The van der Waals surface area contributed by atoms with Gasteiger partial charge in [0.2, 0.25) is 0 Å². The number of carbonyl (C=O) groups is 2. The molecule has 0 spiro atoms. The summed E-state index contributed by atoms with van der Waals surface area (Å²) in [5, 5.41) is 10.7. The zero-order valence-electron chi connectivity index (χ0n) is 14.9. The lowest BCUT2D eigenvalue weighted by Gasteiger charge is -2.10. The largest absolute Gasteiger partial charge is 0.478 e. The third kappa shape index (κ3) is 5.42. The van der Waals surface area contributed by atoms with Crippen molar-refractivity contribution < 1.29 is 14.7 Å². The Hall–Kier alpha value is -3.20. The van der Waals surface area contributed by atoms with Crippen LogP contribution in [0.4, 0.5) is 0 Å². The summed E-state index contributed by atoms with van der Waals surface area (Å²) in [5.41, 5.74) is 3.97. The highest BCUT2D eigenvalue weighted by Crippen LogP contribution is 2.25. The van der Waals surface area contributed by atoms with Gasteiger partial charge in [0.25, 0.3) is 0 Å². The molecule has 0 aliphatic carbocycles. The second kappa shape index (κ2) is 8.77. The van der Waals surface area contributed by atoms with Crippen LogP contribution in [0.3, 0.4) is 0 Å². The molecule has 0 aromatic heterocycles. The van der Waals surface area contributed by atoms with Crippen molar-refractivity contribution in [1.29, 1.82) is 0 Å². The van der Waals surface area contributed by atoms with Crippen molar-refractivity contribution in [2.75, 3.05) is 0 Å². The van der Waals surface area contributed by atoms with Crippen LogP contribution >= 0.6 is 0 Å². The van der Waals surface area contributed by atoms with Gasteiger partial charge < -0.3 is 5.11 Å². The van der Waals surface area contributed by atoms with E-state index < -0.39 is 5.97 Å². The summed E-state index contributed by atoms with van der Waals surface area (Å²) < 4.78 is 0. The summed E-state index contributed by atoms with van der Waals surface area (Å²) in [6.07, 6.45) is 6.75. The second-order valence-electron chi connectivity index (χ2n) is 6.26. The number of benzene rings is 2. The predicted molar refractivity (Wildman–Crippen MR) is 106 cm³/mol. The summed E-state index contributed by atoms with van der Waals surface area (Å²) in [6, 6.07) is 11.8. The fraction of sp³-hybridized carbons (Fsp3) is 0.130. The Kier molecular flexibility index (Phi) is 6.45. The van der Waals surface area contributed by atoms with Gasteiger partial charge in [-0.25, -0.2) is 4.79 Å². The Morgan fingerprint density at radius 1 is 0.885 bits per heavy atom. The molecule has 2 aromatic carbocycles. The zero-order chi connectivity index (χ0) is 19.1. The summed E-state index contributed by atoms with van der Waals surface area (Å²) in [5.74, 6) is -1.36. The summed E-state index contributed by atoms with van der Waals surface area (Å²) in [7, 11) is 0. The molecule has 0 fully saturated rings. The molecule has 0 unspecified atom stereocenters. The standard InChI is InChI=1S/C23H22O3/c1-16(2)10-11-17(3)14-18-6-4-9-22-19(7-5-8-21(18)22)15-20(24)12-13-23(25)26/h4-13H,1,3,14-15H2,2H3,(H,25,26). The minimum atomic E-state index is -1.13. The lowest BCUT2D eigenvalue weighted by Crippen LogP contribution is -2.01. The summed E-state index contributed by atoms with van der Waals surface area (Å²) in [4.78, 5) is 22.5. The second-order valence-corrected chi connectivity index (χ2v) is 6.26. The van der Waals surface area contributed by atoms with Gasteiger partial charge in [0.15, 0.2) is 5.78 Å². The molecular formula is C23H22O3. The van der Waals surface area contributed by atoms with Crippen LogP contribution in [-0.2, 0) is 22.4 Å². The van der Waals surface area contributed by atoms with Gasteiger partial charge in [-0.1, -0.05) is 72.9 Å². The third-order valence-corrected chi connectivity index (χ3v) is 3.90. The van der Waals surface area contributed by atoms with Crippen LogP contribution in [0.2, 0.25) is 0 Å². The van der Waals surface area contributed by atoms with Crippen molar-refractivity contribution in [3.05, 3.63) is 96.1 Å². The number of carboxylic acid groups (broad SMARTS) is 1. The van der Waals surface area contributed by atoms with E-state index in [0.717, 1.165) is 45.2 Å². The molecule has 0 radical (unpaired) electrons. The van der Waals surface area contributed by atoms with Crippen LogP contribution in [0.25, 0.3) is 10.8 Å². The number of ketones is 1. The van der Waals surface area contributed by atoms with Gasteiger partial charge in [-0.15, -0.1) is 0 Å². The number of hydrogen-bond acceptors (Lipinski definition) is 2. The quantitative estimate of drug-likeness (QED) is 0.550. The molecule has 2 rings (SSSR count). The molecular weight excluding hydrogens is 324 g/mol. The van der Waals surface area contributed by atoms with Crippen LogP contribution < -0.4 is 0 Å². The van der Waals surface area contributed by atoms with Gasteiger partial charge in [0, 0.05) is 12.5 Å². The van der Waals surface area contributed by atoms with Crippen molar-refractivity contribution in [1.82, 2.24) is 0 Å². The van der Waals surface area contributed by atoms with E-state index in [9.17, 15) is 9.59 Å². The summed E-state index contributed by atoms with van der Waals surface area (Å²) in [6.45, 7) is 9.88. The Bertz CT molecular complexity index is 852. The zero-order valence-corrected chi connectivity index (χ0v) is 14.9. The molecule has 0 amide bonds. The van der Waals surface area contributed by atoms with Gasteiger partial charge in [0.1, 0.15) is 0 Å². The van der Waals surface area contributed by atoms with Gasteiger partial charge in [-0.05, 0) is 41.3 Å². The number of carbonyl (C=O) groups excluding carboxylic acids is 1. The predicted octanol–water partition coefficient (Wildman–Crippen LogP) is 4.82. The lowest BCUT2D eigenvalue weighted by molar-refractivity contribution is -0.131. The Balaban J connectivity index is 2.30. The first-order chi connectivity index (χ1) is 12.4. The fourth-order valence-corrected chi connectivity index (χ4v) is 2.72. The highest BCUT2D eigenvalue weighted by Gasteiger charge is 2.08. The molecule has 1 N–H and O–H groups in total. The first-order valence-corrected chi connectivity index (χ1v) is 8.31. The smallest absolute Gasteiger partial charge is 0.328 e. The van der Waals surface area contributed by atoms with Gasteiger partial charge in [0.05, 0.1) is 0 Å². The topological polar surface area (TPSA) is 54.4 Å². The first kappa shape index (κ1) is 19.1. The number of rotatable bonds is 8. The lowest BCUT2D eigenvalue weighted by atomic mass is 9.94. The van der Waals surface area contributed by atoms with Crippen molar-refractivity contribution in [3.8, 4) is 0 Å². The van der Waals surface area contributed by atoms with Crippen LogP contribution in [0, 0.1) is 0 Å². The van der Waals surface area contributed by atoms with Crippen molar-refractivity contribution >= 4 is 22.5 Å². The molecule has 132 valence electrons. The maximum absolute atomic E-state index is 12.0. The third-order valence-electron chi connectivity index (χ3n) is 3.90. The maximum Gasteiger partial charge on any atom is 0.328 e. The molecule has 0 aliphatic rings. The molecule has 2 aromatic rings. The molecule has 0 atom stereocenters. The fourth-order valence-electron chi connectivity index (χ4n) is 2.72. The molecule has 26 heavy (non-hydrogen) atoms.